The van der Waals surface area contributed by atoms with Crippen LogP contribution in [0.25, 0.3) is 0 Å². The number of hydrogen-bond acceptors (Lipinski definition) is 3. The van der Waals surface area contributed by atoms with Crippen LogP contribution < -0.4 is 5.32 Å². The third kappa shape index (κ3) is 3.84. The van der Waals surface area contributed by atoms with Gasteiger partial charge in [0, 0.05) is 26.0 Å². The van der Waals surface area contributed by atoms with Crippen LogP contribution in [-0.2, 0) is 16.0 Å². The first-order chi connectivity index (χ1) is 12.4. The molecule has 1 saturated carbocycles. The molecule has 0 atom stereocenters. The predicted octanol–water partition coefficient (Wildman–Crippen LogP) is 3.81. The van der Waals surface area contributed by atoms with Gasteiger partial charge in [-0.3, -0.25) is 14.6 Å². The van der Waals surface area contributed by atoms with Gasteiger partial charge in [0.15, 0.2) is 0 Å². The number of aromatic nitrogens is 1. The molecule has 3 rings (SSSR count). The Morgan fingerprint density at radius 2 is 1.77 bits per heavy atom. The summed E-state index contributed by atoms with van der Waals surface area (Å²) in [5.41, 5.74) is 0.423. The van der Waals surface area contributed by atoms with Crippen molar-refractivity contribution in [2.45, 2.75) is 19.3 Å². The molecule has 1 heterocycles. The van der Waals surface area contributed by atoms with Crippen molar-refractivity contribution < 1.29 is 9.59 Å². The number of likely N-dealkylation sites (N-methyl/N-ethyl adjacent to an activating group) is 1. The minimum atomic E-state index is -1.02. The summed E-state index contributed by atoms with van der Waals surface area (Å²) in [6, 6.07) is 8.82. The maximum absolute atomic E-state index is 12.8. The van der Waals surface area contributed by atoms with Crippen molar-refractivity contribution in [2.75, 3.05) is 18.9 Å². The van der Waals surface area contributed by atoms with Crippen molar-refractivity contribution >= 4 is 40.7 Å². The first-order valence-electron chi connectivity index (χ1n) is 8.34. The van der Waals surface area contributed by atoms with Crippen molar-refractivity contribution in [2.24, 2.45) is 5.41 Å². The fourth-order valence-corrected chi connectivity index (χ4v) is 3.32. The van der Waals surface area contributed by atoms with E-state index >= 15 is 0 Å². The zero-order chi connectivity index (χ0) is 18.7. The average Bonchev–Trinajstić information content (AvgIpc) is 3.45. The molecule has 136 valence electrons. The summed E-state index contributed by atoms with van der Waals surface area (Å²) in [6.07, 6.45) is 5.21. The Morgan fingerprint density at radius 1 is 1.15 bits per heavy atom. The van der Waals surface area contributed by atoms with Crippen LogP contribution in [0.2, 0.25) is 10.0 Å². The number of hydrogen-bond donors (Lipinski definition) is 1. The van der Waals surface area contributed by atoms with E-state index in [-0.39, 0.29) is 11.8 Å². The van der Waals surface area contributed by atoms with Crippen molar-refractivity contribution in [1.29, 1.82) is 0 Å². The van der Waals surface area contributed by atoms with Gasteiger partial charge in [-0.15, -0.1) is 0 Å². The molecule has 0 aliphatic heterocycles. The Bertz CT molecular complexity index is 803. The van der Waals surface area contributed by atoms with Gasteiger partial charge in [0.1, 0.15) is 5.41 Å². The van der Waals surface area contributed by atoms with Crippen molar-refractivity contribution in [1.82, 2.24) is 9.88 Å². The quantitative estimate of drug-likeness (QED) is 0.761. The fraction of sp³-hybridized carbons (Fsp3) is 0.316. The summed E-state index contributed by atoms with van der Waals surface area (Å²) in [5, 5.41) is 3.43. The van der Waals surface area contributed by atoms with E-state index in [4.69, 9.17) is 23.2 Å². The Kier molecular flexibility index (Phi) is 5.49. The first-order valence-corrected chi connectivity index (χ1v) is 9.09. The highest BCUT2D eigenvalue weighted by Crippen LogP contribution is 2.48. The van der Waals surface area contributed by atoms with Crippen molar-refractivity contribution in [3.05, 3.63) is 58.3 Å². The number of para-hydroxylation sites is 1. The van der Waals surface area contributed by atoms with Crippen LogP contribution in [0.3, 0.4) is 0 Å². The molecular formula is C19H19Cl2N3O2. The third-order valence-electron chi connectivity index (χ3n) is 4.63. The lowest BCUT2D eigenvalue weighted by Gasteiger charge is -2.23. The van der Waals surface area contributed by atoms with Gasteiger partial charge in [0.05, 0.1) is 15.7 Å². The standard InChI is InChI=1S/C19H19Cl2N3O2/c1-24(12-7-13-5-10-22-11-6-13)18(26)19(8-9-19)17(25)23-16-14(20)3-2-4-15(16)21/h2-6,10-11H,7-9,12H2,1H3,(H,23,25). The summed E-state index contributed by atoms with van der Waals surface area (Å²) in [4.78, 5) is 31.2. The minimum absolute atomic E-state index is 0.174. The fourth-order valence-electron chi connectivity index (χ4n) is 2.83. The van der Waals surface area contributed by atoms with E-state index < -0.39 is 5.41 Å². The van der Waals surface area contributed by atoms with Crippen LogP contribution in [0.15, 0.2) is 42.7 Å². The Hall–Kier alpha value is -2.11. The molecule has 1 fully saturated rings. The normalized spacial score (nSPS) is 14.6. The van der Waals surface area contributed by atoms with E-state index in [9.17, 15) is 9.59 Å². The molecule has 0 saturated heterocycles. The number of carbonyl (C=O) groups is 2. The maximum Gasteiger partial charge on any atom is 0.240 e. The molecule has 2 aromatic rings. The molecule has 1 aliphatic rings. The molecule has 1 aliphatic carbocycles. The smallest absolute Gasteiger partial charge is 0.240 e. The molecule has 2 amide bonds. The van der Waals surface area contributed by atoms with Crippen LogP contribution in [0.5, 0.6) is 0 Å². The third-order valence-corrected chi connectivity index (χ3v) is 5.26. The Labute approximate surface area is 162 Å². The summed E-state index contributed by atoms with van der Waals surface area (Å²) in [5.74, 6) is -0.527. The van der Waals surface area contributed by atoms with Gasteiger partial charge < -0.3 is 10.2 Å². The summed E-state index contributed by atoms with van der Waals surface area (Å²) in [7, 11) is 1.72. The molecule has 5 nitrogen and oxygen atoms in total. The van der Waals surface area contributed by atoms with Crippen LogP contribution in [-0.4, -0.2) is 35.3 Å². The molecule has 7 heteroatoms. The van der Waals surface area contributed by atoms with Crippen LogP contribution in [0, 0.1) is 5.41 Å². The van der Waals surface area contributed by atoms with Gasteiger partial charge in [-0.2, -0.15) is 0 Å². The molecule has 0 bridgehead atoms. The van der Waals surface area contributed by atoms with E-state index in [0.717, 1.165) is 5.56 Å². The predicted molar refractivity (Wildman–Crippen MR) is 102 cm³/mol. The number of rotatable bonds is 6. The van der Waals surface area contributed by atoms with Crippen LogP contribution >= 0.6 is 23.2 Å². The van der Waals surface area contributed by atoms with Gasteiger partial charge >= 0.3 is 0 Å². The molecular weight excluding hydrogens is 373 g/mol. The maximum atomic E-state index is 12.8. The van der Waals surface area contributed by atoms with E-state index in [2.05, 4.69) is 10.3 Å². The van der Waals surface area contributed by atoms with Crippen LogP contribution in [0.4, 0.5) is 5.69 Å². The topological polar surface area (TPSA) is 62.3 Å². The lowest BCUT2D eigenvalue weighted by molar-refractivity contribution is -0.141. The number of pyridine rings is 1. The van der Waals surface area contributed by atoms with Gasteiger partial charge in [0.25, 0.3) is 0 Å². The van der Waals surface area contributed by atoms with Gasteiger partial charge in [-0.1, -0.05) is 29.3 Å². The van der Waals surface area contributed by atoms with Crippen LogP contribution in [0.1, 0.15) is 18.4 Å². The zero-order valence-electron chi connectivity index (χ0n) is 14.3. The zero-order valence-corrected chi connectivity index (χ0v) is 15.8. The highest BCUT2D eigenvalue weighted by molar-refractivity contribution is 6.40. The number of benzene rings is 1. The average molecular weight is 392 g/mol. The van der Waals surface area contributed by atoms with E-state index in [1.54, 1.807) is 42.5 Å². The second kappa shape index (κ2) is 7.64. The number of carbonyl (C=O) groups excluding carboxylic acids is 2. The molecule has 0 radical (unpaired) electrons. The van der Waals surface area contributed by atoms with Gasteiger partial charge in [-0.05, 0) is 49.1 Å². The summed E-state index contributed by atoms with van der Waals surface area (Å²) in [6.45, 7) is 0.532. The Morgan fingerprint density at radius 3 is 2.35 bits per heavy atom. The number of nitrogens with one attached hydrogen (secondary N) is 1. The Balaban J connectivity index is 1.65. The van der Waals surface area contributed by atoms with E-state index in [1.807, 2.05) is 12.1 Å². The number of halogens is 2. The highest BCUT2D eigenvalue weighted by Gasteiger charge is 2.57. The number of amides is 2. The second-order valence-corrected chi connectivity index (χ2v) is 7.28. The van der Waals surface area contributed by atoms with Crippen molar-refractivity contribution in [3.63, 3.8) is 0 Å². The largest absolute Gasteiger partial charge is 0.344 e. The monoisotopic (exact) mass is 391 g/mol. The number of anilines is 1. The molecule has 0 unspecified atom stereocenters. The molecule has 1 aromatic heterocycles. The SMILES string of the molecule is CN(CCc1ccncc1)C(=O)C1(C(=O)Nc2c(Cl)cccc2Cl)CC1. The van der Waals surface area contributed by atoms with Crippen molar-refractivity contribution in [3.8, 4) is 0 Å². The lowest BCUT2D eigenvalue weighted by atomic mass is 10.0. The summed E-state index contributed by atoms with van der Waals surface area (Å²) >= 11 is 12.2. The molecule has 1 N–H and O–H groups in total. The first kappa shape index (κ1) is 18.7. The highest BCUT2D eigenvalue weighted by atomic mass is 35.5. The van der Waals surface area contributed by atoms with Gasteiger partial charge in [0.2, 0.25) is 11.8 Å². The van der Waals surface area contributed by atoms with E-state index in [1.165, 1.54) is 0 Å². The second-order valence-electron chi connectivity index (χ2n) is 6.47. The molecule has 0 spiro atoms. The minimum Gasteiger partial charge on any atom is -0.344 e. The molecule has 26 heavy (non-hydrogen) atoms. The molecule has 1 aromatic carbocycles. The van der Waals surface area contributed by atoms with Gasteiger partial charge in [-0.25, -0.2) is 0 Å². The summed E-state index contributed by atoms with van der Waals surface area (Å²) < 4.78 is 0. The lowest BCUT2D eigenvalue weighted by Crippen LogP contribution is -2.41. The number of nitrogens with zero attached hydrogens (tertiary/aromatic N) is 2. The van der Waals surface area contributed by atoms with E-state index in [0.29, 0.717) is 41.5 Å².